The highest BCUT2D eigenvalue weighted by molar-refractivity contribution is 5.69. The molecular weight excluding hydrogens is 560 g/mol. The van der Waals surface area contributed by atoms with E-state index in [2.05, 4.69) is 18.7 Å². The van der Waals surface area contributed by atoms with Gasteiger partial charge in [-0.1, -0.05) is 117 Å². The van der Waals surface area contributed by atoms with Crippen molar-refractivity contribution in [3.8, 4) is 0 Å². The lowest BCUT2D eigenvalue weighted by Gasteiger charge is -2.35. The van der Waals surface area contributed by atoms with Gasteiger partial charge in [-0.2, -0.15) is 0 Å². The van der Waals surface area contributed by atoms with Gasteiger partial charge in [0.25, 0.3) is 0 Å². The highest BCUT2D eigenvalue weighted by Gasteiger charge is 2.27. The SMILES string of the molecule is CCCCCCCCCCCCCCN(CCCCCC(=O)OCCCCCCC)CCC1CCCN(C(=O)OC(C)(C)C)C1. The van der Waals surface area contributed by atoms with Crippen molar-refractivity contribution in [1.82, 2.24) is 9.80 Å². The molecule has 1 heterocycles. The molecule has 1 saturated heterocycles. The number of hydrogen-bond acceptors (Lipinski definition) is 5. The van der Waals surface area contributed by atoms with Crippen LogP contribution in [0.2, 0.25) is 0 Å². The van der Waals surface area contributed by atoms with E-state index in [9.17, 15) is 9.59 Å². The number of likely N-dealkylation sites (tertiary alicyclic amines) is 1. The maximum Gasteiger partial charge on any atom is 0.410 e. The number of esters is 1. The number of nitrogens with zero attached hydrogens (tertiary/aromatic N) is 2. The fourth-order valence-corrected chi connectivity index (χ4v) is 6.42. The molecule has 6 heteroatoms. The third-order valence-electron chi connectivity index (χ3n) is 9.22. The molecule has 1 aliphatic rings. The van der Waals surface area contributed by atoms with Crippen molar-refractivity contribution in [2.75, 3.05) is 39.3 Å². The monoisotopic (exact) mass is 637 g/mol. The summed E-state index contributed by atoms with van der Waals surface area (Å²) in [6, 6.07) is 0. The summed E-state index contributed by atoms with van der Waals surface area (Å²) in [4.78, 5) is 29.4. The van der Waals surface area contributed by atoms with Crippen LogP contribution in [-0.4, -0.2) is 66.8 Å². The molecule has 1 rings (SSSR count). The molecule has 45 heavy (non-hydrogen) atoms. The zero-order chi connectivity index (χ0) is 33.0. The number of amides is 1. The zero-order valence-corrected chi connectivity index (χ0v) is 30.8. The summed E-state index contributed by atoms with van der Waals surface area (Å²) >= 11 is 0. The Kier molecular flexibility index (Phi) is 25.8. The minimum Gasteiger partial charge on any atom is -0.466 e. The fraction of sp³-hybridized carbons (Fsp3) is 0.949. The van der Waals surface area contributed by atoms with Crippen LogP contribution < -0.4 is 0 Å². The minimum absolute atomic E-state index is 0.0225. The number of rotatable bonds is 28. The quantitative estimate of drug-likeness (QED) is 0.0631. The van der Waals surface area contributed by atoms with Crippen LogP contribution >= 0.6 is 0 Å². The van der Waals surface area contributed by atoms with Gasteiger partial charge in [0.05, 0.1) is 6.61 Å². The van der Waals surface area contributed by atoms with E-state index < -0.39 is 5.60 Å². The van der Waals surface area contributed by atoms with Crippen LogP contribution in [0.25, 0.3) is 0 Å². The van der Waals surface area contributed by atoms with E-state index in [0.29, 0.717) is 18.9 Å². The number of carbonyl (C=O) groups excluding carboxylic acids is 2. The molecule has 1 atom stereocenters. The Morgan fingerprint density at radius 1 is 0.689 bits per heavy atom. The average Bonchev–Trinajstić information content (AvgIpc) is 3.00. The van der Waals surface area contributed by atoms with Crippen molar-refractivity contribution in [1.29, 1.82) is 0 Å². The topological polar surface area (TPSA) is 59.1 Å². The summed E-state index contributed by atoms with van der Waals surface area (Å²) in [7, 11) is 0. The predicted octanol–water partition coefficient (Wildman–Crippen LogP) is 11.1. The highest BCUT2D eigenvalue weighted by Crippen LogP contribution is 2.23. The second-order valence-corrected chi connectivity index (χ2v) is 14.9. The molecule has 0 spiro atoms. The van der Waals surface area contributed by atoms with Crippen molar-refractivity contribution in [3.05, 3.63) is 0 Å². The van der Waals surface area contributed by atoms with Gasteiger partial charge in [-0.15, -0.1) is 0 Å². The van der Waals surface area contributed by atoms with Crippen LogP contribution in [0.3, 0.4) is 0 Å². The van der Waals surface area contributed by atoms with Gasteiger partial charge in [0.1, 0.15) is 5.60 Å². The van der Waals surface area contributed by atoms with Crippen molar-refractivity contribution >= 4 is 12.1 Å². The van der Waals surface area contributed by atoms with Gasteiger partial charge in [-0.05, 0) is 91.3 Å². The molecule has 0 bridgehead atoms. The van der Waals surface area contributed by atoms with Gasteiger partial charge in [0, 0.05) is 19.5 Å². The van der Waals surface area contributed by atoms with Gasteiger partial charge < -0.3 is 19.3 Å². The summed E-state index contributed by atoms with van der Waals surface area (Å²) in [6.07, 6.45) is 29.4. The minimum atomic E-state index is -0.444. The number of piperidine rings is 1. The van der Waals surface area contributed by atoms with Crippen LogP contribution in [0.4, 0.5) is 4.79 Å². The summed E-state index contributed by atoms with van der Waals surface area (Å²) in [5, 5.41) is 0. The molecule has 0 aromatic rings. The lowest BCUT2D eigenvalue weighted by Crippen LogP contribution is -2.43. The van der Waals surface area contributed by atoms with Crippen LogP contribution in [0, 0.1) is 5.92 Å². The van der Waals surface area contributed by atoms with E-state index in [1.165, 1.54) is 109 Å². The molecule has 0 aromatic carbocycles. The maximum atomic E-state index is 12.7. The first-order valence-corrected chi connectivity index (χ1v) is 19.6. The molecule has 0 aliphatic carbocycles. The molecule has 266 valence electrons. The largest absolute Gasteiger partial charge is 0.466 e. The first kappa shape index (κ1) is 41.7. The first-order valence-electron chi connectivity index (χ1n) is 19.6. The van der Waals surface area contributed by atoms with Crippen LogP contribution in [0.1, 0.15) is 189 Å². The average molecular weight is 637 g/mol. The summed E-state index contributed by atoms with van der Waals surface area (Å²) in [5.74, 6) is 0.526. The smallest absolute Gasteiger partial charge is 0.410 e. The van der Waals surface area contributed by atoms with Gasteiger partial charge in [0.2, 0.25) is 0 Å². The van der Waals surface area contributed by atoms with E-state index in [0.717, 1.165) is 71.1 Å². The van der Waals surface area contributed by atoms with Gasteiger partial charge in [-0.3, -0.25) is 4.79 Å². The fourth-order valence-electron chi connectivity index (χ4n) is 6.42. The summed E-state index contributed by atoms with van der Waals surface area (Å²) < 4.78 is 11.1. The Hall–Kier alpha value is -1.30. The normalized spacial score (nSPS) is 15.5. The third kappa shape index (κ3) is 25.5. The Labute approximate surface area is 280 Å². The molecule has 0 saturated carbocycles. The van der Waals surface area contributed by atoms with Crippen molar-refractivity contribution < 1.29 is 19.1 Å². The summed E-state index contributed by atoms with van der Waals surface area (Å²) in [5.41, 5.74) is -0.444. The Morgan fingerprint density at radius 2 is 1.20 bits per heavy atom. The molecule has 1 fully saturated rings. The summed E-state index contributed by atoms with van der Waals surface area (Å²) in [6.45, 7) is 15.9. The van der Waals surface area contributed by atoms with Gasteiger partial charge in [0.15, 0.2) is 0 Å². The van der Waals surface area contributed by atoms with E-state index in [-0.39, 0.29) is 12.1 Å². The lowest BCUT2D eigenvalue weighted by molar-refractivity contribution is -0.143. The van der Waals surface area contributed by atoms with Crippen LogP contribution in [-0.2, 0) is 14.3 Å². The highest BCUT2D eigenvalue weighted by atomic mass is 16.6. The van der Waals surface area contributed by atoms with E-state index in [1.807, 2.05) is 25.7 Å². The van der Waals surface area contributed by atoms with E-state index >= 15 is 0 Å². The van der Waals surface area contributed by atoms with Crippen LogP contribution in [0.15, 0.2) is 0 Å². The first-order chi connectivity index (χ1) is 21.7. The maximum absolute atomic E-state index is 12.7. The number of hydrogen-bond donors (Lipinski definition) is 0. The van der Waals surface area contributed by atoms with E-state index in [1.54, 1.807) is 0 Å². The zero-order valence-electron chi connectivity index (χ0n) is 30.8. The van der Waals surface area contributed by atoms with Gasteiger partial charge >= 0.3 is 12.1 Å². The number of ether oxygens (including phenoxy) is 2. The number of unbranched alkanes of at least 4 members (excludes halogenated alkanes) is 17. The molecule has 0 aromatic heterocycles. The molecule has 6 nitrogen and oxygen atoms in total. The molecule has 1 amide bonds. The Morgan fingerprint density at radius 3 is 1.76 bits per heavy atom. The molecular formula is C39H76N2O4. The van der Waals surface area contributed by atoms with E-state index in [4.69, 9.17) is 9.47 Å². The second kappa shape index (κ2) is 27.8. The Bertz CT molecular complexity index is 708. The van der Waals surface area contributed by atoms with Crippen molar-refractivity contribution in [2.45, 2.75) is 194 Å². The molecule has 1 unspecified atom stereocenters. The van der Waals surface area contributed by atoms with Crippen molar-refractivity contribution in [3.63, 3.8) is 0 Å². The number of carbonyl (C=O) groups is 2. The molecule has 1 aliphatic heterocycles. The van der Waals surface area contributed by atoms with Crippen LogP contribution in [0.5, 0.6) is 0 Å². The standard InChI is InChI=1S/C39H76N2O4/c1-6-8-10-12-13-14-15-16-17-18-19-23-30-40(31-24-21-22-28-37(42)44-34-25-20-11-9-7-2)33-29-36-27-26-32-41(35-36)38(43)45-39(3,4)5/h36H,6-35H2,1-5H3. The van der Waals surface area contributed by atoms with Gasteiger partial charge in [-0.25, -0.2) is 4.79 Å². The predicted molar refractivity (Wildman–Crippen MR) is 191 cm³/mol. The molecule has 0 radical (unpaired) electrons. The van der Waals surface area contributed by atoms with Crippen molar-refractivity contribution in [2.24, 2.45) is 5.92 Å². The second-order valence-electron chi connectivity index (χ2n) is 14.9. The third-order valence-corrected chi connectivity index (χ3v) is 9.22. The Balaban J connectivity index is 2.35. The molecule has 0 N–H and O–H groups in total. The lowest BCUT2D eigenvalue weighted by atomic mass is 9.94.